The normalized spacial score (nSPS) is 30.0. The minimum atomic E-state index is -0.540. The summed E-state index contributed by atoms with van der Waals surface area (Å²) in [7, 11) is 0. The van der Waals surface area contributed by atoms with Gasteiger partial charge in [-0.2, -0.15) is 0 Å². The Hall–Kier alpha value is -1.01. The Balaban J connectivity index is 2.16. The number of hydrogen-bond donors (Lipinski definition) is 2. The SMILES string of the molecule is C[C@H]1CC(C)(C)C[C@](CO)(NC(=O)c2csnn2)C1. The second kappa shape index (κ2) is 5.17. The number of aliphatic hydroxyl groups is 1. The average Bonchev–Trinajstić information content (AvgIpc) is 2.79. The highest BCUT2D eigenvalue weighted by atomic mass is 32.1. The van der Waals surface area contributed by atoms with Gasteiger partial charge in [0.25, 0.3) is 5.91 Å². The summed E-state index contributed by atoms with van der Waals surface area (Å²) in [5.41, 5.74) is -0.0931. The molecule has 1 aliphatic carbocycles. The Kier molecular flexibility index (Phi) is 3.92. The van der Waals surface area contributed by atoms with E-state index in [1.165, 1.54) is 0 Å². The maximum absolute atomic E-state index is 12.1. The van der Waals surface area contributed by atoms with Gasteiger partial charge in [0.15, 0.2) is 5.69 Å². The van der Waals surface area contributed by atoms with Crippen LogP contribution in [0.25, 0.3) is 0 Å². The molecule has 5 nitrogen and oxygen atoms in total. The number of nitrogens with zero attached hydrogens (tertiary/aromatic N) is 2. The first-order valence-electron chi connectivity index (χ1n) is 6.56. The summed E-state index contributed by atoms with van der Waals surface area (Å²) in [6.07, 6.45) is 2.70. The quantitative estimate of drug-likeness (QED) is 0.887. The van der Waals surface area contributed by atoms with Gasteiger partial charge in [0.05, 0.1) is 12.1 Å². The molecular formula is C13H21N3O2S. The Morgan fingerprint density at radius 2 is 2.32 bits per heavy atom. The molecule has 0 saturated heterocycles. The molecule has 106 valence electrons. The van der Waals surface area contributed by atoms with Gasteiger partial charge in [-0.3, -0.25) is 4.79 Å². The Morgan fingerprint density at radius 3 is 2.84 bits per heavy atom. The molecule has 1 amide bonds. The van der Waals surface area contributed by atoms with Gasteiger partial charge in [0.2, 0.25) is 0 Å². The number of carbonyl (C=O) groups is 1. The van der Waals surface area contributed by atoms with Crippen LogP contribution in [0.3, 0.4) is 0 Å². The maximum atomic E-state index is 12.1. The topological polar surface area (TPSA) is 75.1 Å². The van der Waals surface area contributed by atoms with E-state index < -0.39 is 5.54 Å². The fourth-order valence-electron chi connectivity index (χ4n) is 3.57. The number of nitrogens with one attached hydrogen (secondary N) is 1. The highest BCUT2D eigenvalue weighted by molar-refractivity contribution is 7.03. The van der Waals surface area contributed by atoms with Crippen LogP contribution in [0.4, 0.5) is 0 Å². The van der Waals surface area contributed by atoms with Crippen molar-refractivity contribution in [1.29, 1.82) is 0 Å². The third-order valence-electron chi connectivity index (χ3n) is 3.73. The third-order valence-corrected chi connectivity index (χ3v) is 4.24. The van der Waals surface area contributed by atoms with E-state index in [-0.39, 0.29) is 17.9 Å². The van der Waals surface area contributed by atoms with E-state index in [4.69, 9.17) is 0 Å². The van der Waals surface area contributed by atoms with Crippen molar-refractivity contribution in [3.05, 3.63) is 11.1 Å². The molecular weight excluding hydrogens is 262 g/mol. The molecule has 19 heavy (non-hydrogen) atoms. The predicted molar refractivity (Wildman–Crippen MR) is 74.0 cm³/mol. The first-order valence-corrected chi connectivity index (χ1v) is 7.40. The Bertz CT molecular complexity index is 447. The fraction of sp³-hybridized carbons (Fsp3) is 0.769. The number of aliphatic hydroxyl groups excluding tert-OH is 1. The molecule has 0 aromatic carbocycles. The number of carbonyl (C=O) groups excluding carboxylic acids is 1. The summed E-state index contributed by atoms with van der Waals surface area (Å²) in [5.74, 6) is 0.234. The molecule has 0 spiro atoms. The summed E-state index contributed by atoms with van der Waals surface area (Å²) in [6, 6.07) is 0. The lowest BCUT2D eigenvalue weighted by molar-refractivity contribution is 0.0332. The van der Waals surface area contributed by atoms with Gasteiger partial charge >= 0.3 is 0 Å². The Labute approximate surface area is 117 Å². The number of rotatable bonds is 3. The molecule has 2 N–H and O–H groups in total. The van der Waals surface area contributed by atoms with E-state index >= 15 is 0 Å². The average molecular weight is 283 g/mol. The smallest absolute Gasteiger partial charge is 0.273 e. The molecule has 2 atom stereocenters. The summed E-state index contributed by atoms with van der Waals surface area (Å²) >= 11 is 1.15. The molecule has 1 saturated carbocycles. The van der Waals surface area contributed by atoms with E-state index in [0.717, 1.165) is 30.8 Å². The molecule has 0 bridgehead atoms. The first kappa shape index (κ1) is 14.4. The predicted octanol–water partition coefficient (Wildman–Crippen LogP) is 1.85. The van der Waals surface area contributed by atoms with Crippen molar-refractivity contribution in [1.82, 2.24) is 14.9 Å². The molecule has 6 heteroatoms. The van der Waals surface area contributed by atoms with Crippen molar-refractivity contribution in [3.8, 4) is 0 Å². The van der Waals surface area contributed by atoms with Gasteiger partial charge in [0, 0.05) is 5.38 Å². The molecule has 1 aliphatic rings. The number of aromatic nitrogens is 2. The van der Waals surface area contributed by atoms with E-state index in [9.17, 15) is 9.90 Å². The minimum Gasteiger partial charge on any atom is -0.394 e. The van der Waals surface area contributed by atoms with Crippen molar-refractivity contribution in [2.24, 2.45) is 11.3 Å². The lowest BCUT2D eigenvalue weighted by atomic mass is 9.64. The van der Waals surface area contributed by atoms with Gasteiger partial charge in [-0.1, -0.05) is 25.3 Å². The zero-order valence-electron chi connectivity index (χ0n) is 11.6. The molecule has 1 aromatic rings. The van der Waals surface area contributed by atoms with Crippen LogP contribution in [-0.4, -0.2) is 32.7 Å². The van der Waals surface area contributed by atoms with Gasteiger partial charge in [-0.05, 0) is 42.1 Å². The first-order chi connectivity index (χ1) is 8.86. The zero-order valence-corrected chi connectivity index (χ0v) is 12.5. The van der Waals surface area contributed by atoms with Crippen LogP contribution >= 0.6 is 11.5 Å². The van der Waals surface area contributed by atoms with Crippen molar-refractivity contribution < 1.29 is 9.90 Å². The van der Waals surface area contributed by atoms with E-state index in [1.54, 1.807) is 5.38 Å². The van der Waals surface area contributed by atoms with E-state index in [0.29, 0.717) is 11.6 Å². The van der Waals surface area contributed by atoms with Gasteiger partial charge in [-0.25, -0.2) is 0 Å². The molecule has 0 radical (unpaired) electrons. The van der Waals surface area contributed by atoms with Gasteiger partial charge < -0.3 is 10.4 Å². The second-order valence-electron chi connectivity index (χ2n) is 6.54. The van der Waals surface area contributed by atoms with Crippen molar-refractivity contribution in [2.75, 3.05) is 6.61 Å². The summed E-state index contributed by atoms with van der Waals surface area (Å²) < 4.78 is 3.70. The Morgan fingerprint density at radius 1 is 1.58 bits per heavy atom. The monoisotopic (exact) mass is 283 g/mol. The van der Waals surface area contributed by atoms with Crippen molar-refractivity contribution in [3.63, 3.8) is 0 Å². The number of hydrogen-bond acceptors (Lipinski definition) is 5. The molecule has 1 fully saturated rings. The summed E-state index contributed by atoms with van der Waals surface area (Å²) in [6.45, 7) is 6.50. The van der Waals surface area contributed by atoms with Gasteiger partial charge in [-0.15, -0.1) is 5.10 Å². The van der Waals surface area contributed by atoms with Crippen LogP contribution in [0, 0.1) is 11.3 Å². The standard InChI is InChI=1S/C13H21N3O2S/c1-9-4-12(2,3)7-13(5-9,8-17)14-11(18)10-6-19-16-15-10/h6,9,17H,4-5,7-8H2,1-3H3,(H,14,18)/t9-,13+/m0/s1. The second-order valence-corrected chi connectivity index (χ2v) is 7.15. The molecule has 1 aromatic heterocycles. The molecule has 1 heterocycles. The molecule has 0 unspecified atom stereocenters. The fourth-order valence-corrected chi connectivity index (χ4v) is 4.00. The van der Waals surface area contributed by atoms with Crippen LogP contribution in [0.5, 0.6) is 0 Å². The highest BCUT2D eigenvalue weighted by Crippen LogP contribution is 2.43. The maximum Gasteiger partial charge on any atom is 0.273 e. The molecule has 0 aliphatic heterocycles. The highest BCUT2D eigenvalue weighted by Gasteiger charge is 2.43. The van der Waals surface area contributed by atoms with E-state index in [2.05, 4.69) is 35.7 Å². The van der Waals surface area contributed by atoms with Crippen LogP contribution in [-0.2, 0) is 0 Å². The molecule has 2 rings (SSSR count). The summed E-state index contributed by atoms with van der Waals surface area (Å²) in [4.78, 5) is 12.1. The van der Waals surface area contributed by atoms with Gasteiger partial charge in [0.1, 0.15) is 0 Å². The van der Waals surface area contributed by atoms with Crippen LogP contribution in [0.2, 0.25) is 0 Å². The van der Waals surface area contributed by atoms with Crippen molar-refractivity contribution >= 4 is 17.4 Å². The van der Waals surface area contributed by atoms with E-state index in [1.807, 2.05) is 0 Å². The van der Waals surface area contributed by atoms with Crippen LogP contribution in [0.15, 0.2) is 5.38 Å². The summed E-state index contributed by atoms with van der Waals surface area (Å²) in [5, 5.41) is 18.2. The third kappa shape index (κ3) is 3.30. The minimum absolute atomic E-state index is 0.0376. The zero-order chi connectivity index (χ0) is 14.1. The van der Waals surface area contributed by atoms with Crippen molar-refractivity contribution in [2.45, 2.75) is 45.6 Å². The number of amides is 1. The van der Waals surface area contributed by atoms with Crippen LogP contribution in [0.1, 0.15) is 50.5 Å². The largest absolute Gasteiger partial charge is 0.394 e. The lowest BCUT2D eigenvalue weighted by Crippen LogP contribution is -2.57. The lowest BCUT2D eigenvalue weighted by Gasteiger charge is -2.47. The van der Waals surface area contributed by atoms with Crippen LogP contribution < -0.4 is 5.32 Å².